The molecule has 0 aliphatic rings. The van der Waals surface area contributed by atoms with Crippen LogP contribution < -0.4 is 0 Å². The van der Waals surface area contributed by atoms with E-state index in [1.165, 1.54) is 0 Å². The number of aromatic nitrogens is 1. The van der Waals surface area contributed by atoms with Gasteiger partial charge in [0, 0.05) is 16.5 Å². The highest BCUT2D eigenvalue weighted by Crippen LogP contribution is 2.33. The van der Waals surface area contributed by atoms with Crippen LogP contribution in [-0.4, -0.2) is 22.8 Å². The van der Waals surface area contributed by atoms with Crippen LogP contribution >= 0.6 is 11.6 Å². The number of hydrogen-bond acceptors (Lipinski definition) is 4. The highest BCUT2D eigenvalue weighted by molar-refractivity contribution is 6.35. The largest absolute Gasteiger partial charge is 0.451 e. The first-order valence-electron chi connectivity index (χ1n) is 9.92. The zero-order chi connectivity index (χ0) is 22.0. The molecule has 0 radical (unpaired) electrons. The summed E-state index contributed by atoms with van der Waals surface area (Å²) < 4.78 is 5.61. The standard InChI is InChI=1S/C26H20ClNO3/c1-16-22(26(30)31-17(2)25(29)19-12-7-4-8-13-19)20-14-9-15-21(27)24(20)28-23(16)18-10-5-3-6-11-18/h3-15,17H,1-2H3/t17-/m0/s1. The maximum absolute atomic E-state index is 13.3. The maximum atomic E-state index is 13.3. The second kappa shape index (κ2) is 8.70. The highest BCUT2D eigenvalue weighted by Gasteiger charge is 2.25. The molecule has 0 bridgehead atoms. The molecule has 0 aliphatic heterocycles. The first-order chi connectivity index (χ1) is 15.0. The molecule has 0 unspecified atom stereocenters. The van der Waals surface area contributed by atoms with E-state index < -0.39 is 12.1 Å². The first-order valence-corrected chi connectivity index (χ1v) is 10.3. The van der Waals surface area contributed by atoms with E-state index in [1.807, 2.05) is 43.3 Å². The van der Waals surface area contributed by atoms with E-state index in [-0.39, 0.29) is 5.78 Å². The Morgan fingerprint density at radius 3 is 2.23 bits per heavy atom. The molecule has 0 spiro atoms. The number of carbonyl (C=O) groups excluding carboxylic acids is 2. The minimum Gasteiger partial charge on any atom is -0.451 e. The van der Waals surface area contributed by atoms with Crippen molar-refractivity contribution >= 4 is 34.3 Å². The Morgan fingerprint density at radius 2 is 1.55 bits per heavy atom. The lowest BCUT2D eigenvalue weighted by Crippen LogP contribution is -2.25. The number of carbonyl (C=O) groups is 2. The Morgan fingerprint density at radius 1 is 0.903 bits per heavy atom. The second-order valence-electron chi connectivity index (χ2n) is 7.24. The smallest absolute Gasteiger partial charge is 0.339 e. The summed E-state index contributed by atoms with van der Waals surface area (Å²) in [6.07, 6.45) is -0.933. The van der Waals surface area contributed by atoms with Gasteiger partial charge in [0.2, 0.25) is 5.78 Å². The average Bonchev–Trinajstić information content (AvgIpc) is 2.79. The van der Waals surface area contributed by atoms with Crippen molar-refractivity contribution in [2.24, 2.45) is 0 Å². The lowest BCUT2D eigenvalue weighted by Gasteiger charge is -2.17. The monoisotopic (exact) mass is 429 g/mol. The van der Waals surface area contributed by atoms with E-state index in [9.17, 15) is 9.59 Å². The van der Waals surface area contributed by atoms with Gasteiger partial charge in [-0.25, -0.2) is 9.78 Å². The summed E-state index contributed by atoms with van der Waals surface area (Å²) in [5.41, 5.74) is 3.55. The number of benzene rings is 3. The minimum absolute atomic E-state index is 0.258. The van der Waals surface area contributed by atoms with Gasteiger partial charge in [0.1, 0.15) is 0 Å². The highest BCUT2D eigenvalue weighted by atomic mass is 35.5. The van der Waals surface area contributed by atoms with Crippen molar-refractivity contribution in [2.75, 3.05) is 0 Å². The van der Waals surface area contributed by atoms with Gasteiger partial charge in [0.15, 0.2) is 6.10 Å². The number of nitrogens with zero attached hydrogens (tertiary/aromatic N) is 1. The van der Waals surface area contributed by atoms with Crippen molar-refractivity contribution in [1.29, 1.82) is 0 Å². The fraction of sp³-hybridized carbons (Fsp3) is 0.115. The van der Waals surface area contributed by atoms with Gasteiger partial charge in [-0.15, -0.1) is 0 Å². The number of esters is 1. The topological polar surface area (TPSA) is 56.3 Å². The van der Waals surface area contributed by atoms with Crippen LogP contribution in [0.1, 0.15) is 33.2 Å². The third-order valence-electron chi connectivity index (χ3n) is 5.17. The van der Waals surface area contributed by atoms with Crippen LogP contribution in [0.5, 0.6) is 0 Å². The molecule has 0 N–H and O–H groups in total. The van der Waals surface area contributed by atoms with Crippen molar-refractivity contribution in [3.8, 4) is 11.3 Å². The molecule has 5 heteroatoms. The number of pyridine rings is 1. The van der Waals surface area contributed by atoms with Gasteiger partial charge in [-0.05, 0) is 25.5 Å². The Bertz CT molecular complexity index is 1270. The summed E-state index contributed by atoms with van der Waals surface area (Å²) in [6.45, 7) is 3.41. The van der Waals surface area contributed by atoms with Crippen LogP contribution in [-0.2, 0) is 4.74 Å². The third-order valence-corrected chi connectivity index (χ3v) is 5.48. The normalized spacial score (nSPS) is 11.8. The second-order valence-corrected chi connectivity index (χ2v) is 7.65. The Hall–Kier alpha value is -3.50. The molecule has 0 saturated carbocycles. The van der Waals surface area contributed by atoms with E-state index in [0.29, 0.717) is 38.3 Å². The number of rotatable bonds is 5. The van der Waals surface area contributed by atoms with Crippen LogP contribution in [0, 0.1) is 6.92 Å². The molecule has 4 rings (SSSR count). The molecule has 4 nitrogen and oxygen atoms in total. The van der Waals surface area contributed by atoms with Crippen molar-refractivity contribution in [1.82, 2.24) is 4.98 Å². The first kappa shape index (κ1) is 20.8. The van der Waals surface area contributed by atoms with Gasteiger partial charge in [0.25, 0.3) is 0 Å². The Balaban J connectivity index is 1.79. The molecular formula is C26H20ClNO3. The number of para-hydroxylation sites is 1. The molecule has 1 atom stereocenters. The summed E-state index contributed by atoms with van der Waals surface area (Å²) in [4.78, 5) is 30.7. The predicted octanol–water partition coefficient (Wildman–Crippen LogP) is 6.29. The van der Waals surface area contributed by atoms with Gasteiger partial charge >= 0.3 is 5.97 Å². The summed E-state index contributed by atoms with van der Waals surface area (Å²) in [7, 11) is 0. The van der Waals surface area contributed by atoms with Gasteiger partial charge in [-0.2, -0.15) is 0 Å². The molecule has 154 valence electrons. The number of ether oxygens (including phenoxy) is 1. The van der Waals surface area contributed by atoms with Crippen LogP contribution in [0.3, 0.4) is 0 Å². The Kier molecular flexibility index (Phi) is 5.83. The van der Waals surface area contributed by atoms with Crippen LogP contribution in [0.15, 0.2) is 78.9 Å². The number of halogens is 1. The predicted molar refractivity (Wildman–Crippen MR) is 123 cm³/mol. The molecule has 1 heterocycles. The quantitative estimate of drug-likeness (QED) is 0.276. The molecular weight excluding hydrogens is 410 g/mol. The van der Waals surface area contributed by atoms with E-state index in [4.69, 9.17) is 21.3 Å². The van der Waals surface area contributed by atoms with Gasteiger partial charge in [-0.3, -0.25) is 4.79 Å². The molecule has 0 aliphatic carbocycles. The van der Waals surface area contributed by atoms with E-state index in [2.05, 4.69) is 0 Å². The van der Waals surface area contributed by atoms with Crippen molar-refractivity contribution in [3.63, 3.8) is 0 Å². The van der Waals surface area contributed by atoms with Crippen LogP contribution in [0.25, 0.3) is 22.2 Å². The zero-order valence-corrected chi connectivity index (χ0v) is 17.9. The SMILES string of the molecule is Cc1c(-c2ccccc2)nc2c(Cl)cccc2c1C(=O)O[C@@H](C)C(=O)c1ccccc1. The lowest BCUT2D eigenvalue weighted by atomic mass is 9.97. The lowest BCUT2D eigenvalue weighted by molar-refractivity contribution is 0.0320. The van der Waals surface area contributed by atoms with Crippen LogP contribution in [0.2, 0.25) is 5.02 Å². The summed E-state index contributed by atoms with van der Waals surface area (Å²) >= 11 is 6.41. The molecule has 0 fully saturated rings. The summed E-state index contributed by atoms with van der Waals surface area (Å²) in [5.74, 6) is -0.840. The van der Waals surface area contributed by atoms with E-state index in [1.54, 1.807) is 49.4 Å². The summed E-state index contributed by atoms with van der Waals surface area (Å²) in [6, 6.07) is 23.7. The third kappa shape index (κ3) is 4.07. The number of hydrogen-bond donors (Lipinski definition) is 0. The maximum Gasteiger partial charge on any atom is 0.339 e. The van der Waals surface area contributed by atoms with Crippen molar-refractivity contribution in [3.05, 3.63) is 101 Å². The van der Waals surface area contributed by atoms with E-state index >= 15 is 0 Å². The fourth-order valence-corrected chi connectivity index (χ4v) is 3.81. The van der Waals surface area contributed by atoms with Gasteiger partial charge < -0.3 is 4.74 Å². The van der Waals surface area contributed by atoms with Crippen molar-refractivity contribution in [2.45, 2.75) is 20.0 Å². The molecule has 3 aromatic carbocycles. The Labute approximate surface area is 185 Å². The van der Waals surface area contributed by atoms with Crippen LogP contribution in [0.4, 0.5) is 0 Å². The zero-order valence-electron chi connectivity index (χ0n) is 17.1. The number of Topliss-reactive ketones (excluding diaryl/α,β-unsaturated/α-hetero) is 1. The number of ketones is 1. The fourth-order valence-electron chi connectivity index (χ4n) is 3.60. The summed E-state index contributed by atoms with van der Waals surface area (Å²) in [5, 5.41) is 1.03. The van der Waals surface area contributed by atoms with Crippen molar-refractivity contribution < 1.29 is 14.3 Å². The molecule has 0 saturated heterocycles. The molecule has 1 aromatic heterocycles. The van der Waals surface area contributed by atoms with Gasteiger partial charge in [-0.1, -0.05) is 84.4 Å². The molecule has 0 amide bonds. The molecule has 31 heavy (non-hydrogen) atoms. The van der Waals surface area contributed by atoms with E-state index in [0.717, 1.165) is 5.56 Å². The molecule has 4 aromatic rings. The minimum atomic E-state index is -0.933. The van der Waals surface area contributed by atoms with Gasteiger partial charge in [0.05, 0.1) is 21.8 Å². The average molecular weight is 430 g/mol. The number of fused-ring (bicyclic) bond motifs is 1.